The number of ether oxygens (including phenoxy) is 1. The second-order valence-corrected chi connectivity index (χ2v) is 5.43. The number of nitrogens with zero attached hydrogens (tertiary/aromatic N) is 2. The van der Waals surface area contributed by atoms with Crippen molar-refractivity contribution in [3.05, 3.63) is 0 Å². The Morgan fingerprint density at radius 3 is 2.31 bits per heavy atom. The summed E-state index contributed by atoms with van der Waals surface area (Å²) in [6.07, 6.45) is -1.43. The Balaban J connectivity index is 2.55. The number of amides is 1. The molecule has 2 atom stereocenters. The molecule has 0 unspecified atom stereocenters. The number of halogens is 1. The highest BCUT2D eigenvalue weighted by atomic mass is 19.1. The van der Waals surface area contributed by atoms with Crippen LogP contribution in [0.4, 0.5) is 9.18 Å². The quantitative estimate of drug-likeness (QED) is 0.687. The van der Waals surface area contributed by atoms with Crippen LogP contribution < -0.4 is 0 Å². The highest BCUT2D eigenvalue weighted by Crippen LogP contribution is 2.19. The summed E-state index contributed by atoms with van der Waals surface area (Å²) in [6.45, 7) is 5.92. The van der Waals surface area contributed by atoms with Crippen LogP contribution in [0.1, 0.15) is 20.8 Å². The zero-order valence-corrected chi connectivity index (χ0v) is 10.7. The Hall–Kier alpha value is -0.840. The molecule has 0 bridgehead atoms. The first-order valence-corrected chi connectivity index (χ1v) is 5.49. The Kier molecular flexibility index (Phi) is 3.78. The van der Waals surface area contributed by atoms with Crippen molar-refractivity contribution in [1.82, 2.24) is 9.80 Å². The van der Waals surface area contributed by atoms with E-state index < -0.39 is 17.9 Å². The fourth-order valence-corrected chi connectivity index (χ4v) is 1.71. The molecule has 1 aliphatic rings. The summed E-state index contributed by atoms with van der Waals surface area (Å²) in [5.74, 6) is 0. The zero-order chi connectivity index (χ0) is 12.5. The Morgan fingerprint density at radius 2 is 1.94 bits per heavy atom. The molecule has 94 valence electrons. The molecule has 1 rings (SSSR count). The van der Waals surface area contributed by atoms with Gasteiger partial charge in [-0.1, -0.05) is 0 Å². The highest BCUT2D eigenvalue weighted by Gasteiger charge is 2.38. The van der Waals surface area contributed by atoms with Gasteiger partial charge < -0.3 is 14.5 Å². The van der Waals surface area contributed by atoms with Crippen LogP contribution in [0.3, 0.4) is 0 Å². The van der Waals surface area contributed by atoms with E-state index in [0.29, 0.717) is 6.54 Å². The van der Waals surface area contributed by atoms with Crippen molar-refractivity contribution >= 4 is 6.09 Å². The fraction of sp³-hybridized carbons (Fsp3) is 0.909. The van der Waals surface area contributed by atoms with Crippen molar-refractivity contribution in [2.45, 2.75) is 38.6 Å². The van der Waals surface area contributed by atoms with Crippen molar-refractivity contribution in [3.63, 3.8) is 0 Å². The predicted octanol–water partition coefficient (Wildman–Crippen LogP) is 1.51. The third-order valence-corrected chi connectivity index (χ3v) is 2.53. The number of likely N-dealkylation sites (N-methyl/N-ethyl adjacent to an activating group) is 1. The van der Waals surface area contributed by atoms with Crippen LogP contribution in [-0.4, -0.2) is 60.9 Å². The van der Waals surface area contributed by atoms with E-state index >= 15 is 0 Å². The minimum Gasteiger partial charge on any atom is -0.444 e. The topological polar surface area (TPSA) is 32.8 Å². The summed E-state index contributed by atoms with van der Waals surface area (Å²) in [5.41, 5.74) is -0.529. The number of carbonyl (C=O) groups excluding carboxylic acids is 1. The summed E-state index contributed by atoms with van der Waals surface area (Å²) in [5, 5.41) is 0. The van der Waals surface area contributed by atoms with Crippen LogP contribution in [0, 0.1) is 0 Å². The predicted molar refractivity (Wildman–Crippen MR) is 60.2 cm³/mol. The van der Waals surface area contributed by atoms with Crippen molar-refractivity contribution in [1.29, 1.82) is 0 Å². The van der Waals surface area contributed by atoms with E-state index in [1.54, 1.807) is 25.7 Å². The molecule has 0 aromatic carbocycles. The molecule has 0 N–H and O–H groups in total. The van der Waals surface area contributed by atoms with Gasteiger partial charge in [-0.25, -0.2) is 9.18 Å². The summed E-state index contributed by atoms with van der Waals surface area (Å²) in [4.78, 5) is 14.9. The minimum atomic E-state index is -0.998. The summed E-state index contributed by atoms with van der Waals surface area (Å²) >= 11 is 0. The zero-order valence-electron chi connectivity index (χ0n) is 10.7. The number of hydrogen-bond acceptors (Lipinski definition) is 3. The molecule has 0 spiro atoms. The third kappa shape index (κ3) is 3.33. The first-order chi connectivity index (χ1) is 7.20. The maximum atomic E-state index is 13.6. The van der Waals surface area contributed by atoms with Crippen molar-refractivity contribution < 1.29 is 13.9 Å². The fourth-order valence-electron chi connectivity index (χ4n) is 1.71. The van der Waals surface area contributed by atoms with E-state index in [0.717, 1.165) is 0 Å². The highest BCUT2D eigenvalue weighted by molar-refractivity contribution is 5.68. The lowest BCUT2D eigenvalue weighted by Crippen LogP contribution is -2.38. The van der Waals surface area contributed by atoms with Crippen molar-refractivity contribution in [2.24, 2.45) is 0 Å². The summed E-state index contributed by atoms with van der Waals surface area (Å²) in [6, 6.07) is -0.229. The number of alkyl halides is 1. The molecule has 0 aliphatic carbocycles. The molecular formula is C11H21FN2O2. The molecule has 1 heterocycles. The van der Waals surface area contributed by atoms with E-state index in [9.17, 15) is 9.18 Å². The van der Waals surface area contributed by atoms with E-state index in [4.69, 9.17) is 4.74 Å². The largest absolute Gasteiger partial charge is 0.444 e. The Labute approximate surface area is 96.3 Å². The average molecular weight is 232 g/mol. The minimum absolute atomic E-state index is 0.123. The van der Waals surface area contributed by atoms with Crippen LogP contribution >= 0.6 is 0 Å². The van der Waals surface area contributed by atoms with E-state index in [2.05, 4.69) is 0 Å². The molecular weight excluding hydrogens is 211 g/mol. The average Bonchev–Trinajstić information content (AvgIpc) is 2.44. The van der Waals surface area contributed by atoms with Gasteiger partial charge in [-0.15, -0.1) is 0 Å². The van der Waals surface area contributed by atoms with Crippen LogP contribution in [-0.2, 0) is 4.74 Å². The van der Waals surface area contributed by atoms with Gasteiger partial charge >= 0.3 is 6.09 Å². The standard InChI is InChI=1S/C11H21FN2O2/c1-11(2,3)16-10(15)14-6-8(12)9(7-14)13(4)5/h8-9H,6-7H2,1-5H3/t8-,9-/m0/s1. The molecule has 0 aromatic rings. The van der Waals surface area contributed by atoms with Gasteiger partial charge in [-0.3, -0.25) is 0 Å². The smallest absolute Gasteiger partial charge is 0.410 e. The van der Waals surface area contributed by atoms with Crippen LogP contribution in [0.2, 0.25) is 0 Å². The summed E-state index contributed by atoms with van der Waals surface area (Å²) < 4.78 is 18.8. The SMILES string of the molecule is CN(C)[C@H]1CN(C(=O)OC(C)(C)C)C[C@@H]1F. The first-order valence-electron chi connectivity index (χ1n) is 5.49. The van der Waals surface area contributed by atoms with Crippen molar-refractivity contribution in [3.8, 4) is 0 Å². The number of carbonyl (C=O) groups is 1. The molecule has 0 radical (unpaired) electrons. The molecule has 4 nitrogen and oxygen atoms in total. The third-order valence-electron chi connectivity index (χ3n) is 2.53. The number of likely N-dealkylation sites (tertiary alicyclic amines) is 1. The lowest BCUT2D eigenvalue weighted by molar-refractivity contribution is 0.0279. The van der Waals surface area contributed by atoms with Crippen LogP contribution in [0.5, 0.6) is 0 Å². The van der Waals surface area contributed by atoms with Gasteiger partial charge in [-0.05, 0) is 34.9 Å². The molecule has 1 amide bonds. The molecule has 1 fully saturated rings. The van der Waals surface area contributed by atoms with Gasteiger partial charge in [0.25, 0.3) is 0 Å². The molecule has 1 aliphatic heterocycles. The second kappa shape index (κ2) is 4.57. The molecule has 0 aromatic heterocycles. The van der Waals surface area contributed by atoms with Gasteiger partial charge in [0.05, 0.1) is 12.6 Å². The van der Waals surface area contributed by atoms with Gasteiger partial charge in [0.15, 0.2) is 0 Å². The maximum absolute atomic E-state index is 13.6. The van der Waals surface area contributed by atoms with Gasteiger partial charge in [0.2, 0.25) is 0 Å². The first kappa shape index (κ1) is 13.2. The van der Waals surface area contributed by atoms with E-state index in [1.807, 2.05) is 14.1 Å². The molecule has 16 heavy (non-hydrogen) atoms. The molecule has 5 heteroatoms. The molecule has 0 saturated carbocycles. The normalized spacial score (nSPS) is 26.3. The Bertz CT molecular complexity index is 263. The van der Waals surface area contributed by atoms with Crippen molar-refractivity contribution in [2.75, 3.05) is 27.2 Å². The van der Waals surface area contributed by atoms with E-state index in [1.165, 1.54) is 4.90 Å². The van der Waals surface area contributed by atoms with Crippen LogP contribution in [0.25, 0.3) is 0 Å². The second-order valence-electron chi connectivity index (χ2n) is 5.43. The van der Waals surface area contributed by atoms with Crippen LogP contribution in [0.15, 0.2) is 0 Å². The molecule has 1 saturated heterocycles. The monoisotopic (exact) mass is 232 g/mol. The summed E-state index contributed by atoms with van der Waals surface area (Å²) in [7, 11) is 3.63. The lowest BCUT2D eigenvalue weighted by Gasteiger charge is -2.24. The van der Waals surface area contributed by atoms with Gasteiger partial charge in [-0.2, -0.15) is 0 Å². The maximum Gasteiger partial charge on any atom is 0.410 e. The van der Waals surface area contributed by atoms with Gasteiger partial charge in [0, 0.05) is 6.54 Å². The lowest BCUT2D eigenvalue weighted by atomic mass is 10.2. The number of rotatable bonds is 1. The Morgan fingerprint density at radius 1 is 1.38 bits per heavy atom. The van der Waals surface area contributed by atoms with Gasteiger partial charge in [0.1, 0.15) is 11.8 Å². The van der Waals surface area contributed by atoms with E-state index in [-0.39, 0.29) is 12.6 Å². The number of hydrogen-bond donors (Lipinski definition) is 0.